The van der Waals surface area contributed by atoms with Gasteiger partial charge < -0.3 is 25.2 Å². The fourth-order valence-corrected chi connectivity index (χ4v) is 12.0. The smallest absolute Gasteiger partial charge is 0.320 e. The number of piperazine rings is 1. The first-order chi connectivity index (χ1) is 21.5. The standard InChI is InChI=1S/C34H48N8O2Si/c1-23(2)45(24(3)4,25(5)6)19-13-26-20-31(39-34(43)37-28-12-18-44-22-28)38-32-30(26)21-35-33(40-32)36-27-8-10-29(11-9-27)42-16-14-41(7)15-17-42/h8-11,20-21,23-25,28H,12,14-18,22H2,1-7H3,(H3,35,36,37,38,39,40,43). The monoisotopic (exact) mass is 628 g/mol. The van der Waals surface area contributed by atoms with Crippen molar-refractivity contribution < 1.29 is 9.53 Å². The van der Waals surface area contributed by atoms with Gasteiger partial charge in [-0.15, -0.1) is 5.54 Å². The molecule has 3 N–H and O–H groups in total. The van der Waals surface area contributed by atoms with Crippen LogP contribution < -0.4 is 20.9 Å². The number of amides is 2. The van der Waals surface area contributed by atoms with Crippen LogP contribution in [0, 0.1) is 11.5 Å². The number of anilines is 4. The summed E-state index contributed by atoms with van der Waals surface area (Å²) in [5.74, 6) is 4.37. The Morgan fingerprint density at radius 1 is 1.00 bits per heavy atom. The maximum absolute atomic E-state index is 12.9. The van der Waals surface area contributed by atoms with Gasteiger partial charge >= 0.3 is 6.03 Å². The first-order valence-corrected chi connectivity index (χ1v) is 18.4. The van der Waals surface area contributed by atoms with E-state index in [9.17, 15) is 4.79 Å². The lowest BCUT2D eigenvalue weighted by Crippen LogP contribution is -2.44. The highest BCUT2D eigenvalue weighted by Gasteiger charge is 2.41. The second kappa shape index (κ2) is 14.1. The molecule has 2 aromatic heterocycles. The number of likely N-dealkylation sites (N-methyl/N-ethyl adjacent to an activating group) is 1. The number of hydrogen-bond acceptors (Lipinski definition) is 8. The summed E-state index contributed by atoms with van der Waals surface area (Å²) in [6, 6.07) is 9.87. The average Bonchev–Trinajstić information content (AvgIpc) is 3.50. The summed E-state index contributed by atoms with van der Waals surface area (Å²) in [6.07, 6.45) is 2.57. The fourth-order valence-electron chi connectivity index (χ4n) is 6.78. The highest BCUT2D eigenvalue weighted by molar-refractivity contribution is 6.90. The SMILES string of the molecule is CC(C)[Si](C#Cc1cc(NC(=O)NC2CCOC2)nc2nc(Nc3ccc(N4CCN(C)CC4)cc3)ncc12)(C(C)C)C(C)C. The molecule has 1 aromatic carbocycles. The van der Waals surface area contributed by atoms with Crippen molar-refractivity contribution in [2.75, 3.05) is 62.0 Å². The molecule has 0 radical (unpaired) electrons. The van der Waals surface area contributed by atoms with Crippen LogP contribution in [0.2, 0.25) is 16.6 Å². The van der Waals surface area contributed by atoms with Crippen LogP contribution in [-0.4, -0.2) is 86.4 Å². The second-order valence-electron chi connectivity index (χ2n) is 13.3. The number of fused-ring (bicyclic) bond motifs is 1. The van der Waals surface area contributed by atoms with Crippen LogP contribution in [0.15, 0.2) is 36.5 Å². The van der Waals surface area contributed by atoms with E-state index in [2.05, 4.69) is 115 Å². The molecule has 2 saturated heterocycles. The van der Waals surface area contributed by atoms with E-state index in [0.29, 0.717) is 47.3 Å². The molecule has 1 atom stereocenters. The number of nitrogens with one attached hydrogen (secondary N) is 3. The van der Waals surface area contributed by atoms with Crippen LogP contribution in [0.5, 0.6) is 0 Å². The Morgan fingerprint density at radius 2 is 1.69 bits per heavy atom. The number of benzene rings is 1. The zero-order chi connectivity index (χ0) is 32.1. The zero-order valence-electron chi connectivity index (χ0n) is 27.8. The highest BCUT2D eigenvalue weighted by Crippen LogP contribution is 2.41. The largest absolute Gasteiger partial charge is 0.379 e. The molecular weight excluding hydrogens is 581 g/mol. The number of ether oxygens (including phenoxy) is 1. The molecule has 2 amide bonds. The molecule has 1 unspecified atom stereocenters. The summed E-state index contributed by atoms with van der Waals surface area (Å²) in [7, 11) is 0.154. The molecule has 10 nitrogen and oxygen atoms in total. The summed E-state index contributed by atoms with van der Waals surface area (Å²) in [5, 5.41) is 9.98. The van der Waals surface area contributed by atoms with Crippen molar-refractivity contribution in [2.24, 2.45) is 0 Å². The normalized spacial score (nSPS) is 17.6. The number of carbonyl (C=O) groups excluding carboxylic acids is 1. The van der Waals surface area contributed by atoms with Gasteiger partial charge in [0.2, 0.25) is 5.95 Å². The number of aromatic nitrogens is 3. The lowest BCUT2D eigenvalue weighted by molar-refractivity contribution is 0.189. The van der Waals surface area contributed by atoms with Gasteiger partial charge in [0.15, 0.2) is 5.65 Å². The van der Waals surface area contributed by atoms with Gasteiger partial charge in [-0.2, -0.15) is 4.98 Å². The lowest BCUT2D eigenvalue weighted by atomic mass is 10.2. The van der Waals surface area contributed by atoms with Crippen molar-refractivity contribution in [1.82, 2.24) is 25.2 Å². The first-order valence-electron chi connectivity index (χ1n) is 16.2. The highest BCUT2D eigenvalue weighted by atomic mass is 28.3. The van der Waals surface area contributed by atoms with Gasteiger partial charge in [0.1, 0.15) is 13.9 Å². The third-order valence-electron chi connectivity index (χ3n) is 9.34. The summed E-state index contributed by atoms with van der Waals surface area (Å²) in [4.78, 5) is 31.8. The van der Waals surface area contributed by atoms with Crippen LogP contribution >= 0.6 is 0 Å². The molecule has 0 saturated carbocycles. The maximum Gasteiger partial charge on any atom is 0.320 e. The van der Waals surface area contributed by atoms with E-state index < -0.39 is 8.07 Å². The summed E-state index contributed by atoms with van der Waals surface area (Å²) in [6.45, 7) is 19.1. The van der Waals surface area contributed by atoms with Gasteiger partial charge in [0, 0.05) is 55.9 Å². The van der Waals surface area contributed by atoms with E-state index in [0.717, 1.165) is 49.2 Å². The van der Waals surface area contributed by atoms with E-state index in [1.807, 2.05) is 6.07 Å². The third kappa shape index (κ3) is 7.57. The van der Waals surface area contributed by atoms with Gasteiger partial charge in [-0.25, -0.2) is 14.8 Å². The molecule has 0 spiro atoms. The van der Waals surface area contributed by atoms with Crippen molar-refractivity contribution >= 4 is 48.3 Å². The molecule has 2 aliphatic rings. The van der Waals surface area contributed by atoms with Crippen LogP contribution in [0.4, 0.5) is 27.9 Å². The fraction of sp³-hybridized carbons (Fsp3) is 0.529. The molecule has 45 heavy (non-hydrogen) atoms. The number of urea groups is 1. The van der Waals surface area contributed by atoms with Crippen molar-refractivity contribution in [2.45, 2.75) is 70.6 Å². The van der Waals surface area contributed by atoms with Gasteiger partial charge in [-0.3, -0.25) is 5.32 Å². The van der Waals surface area contributed by atoms with E-state index >= 15 is 0 Å². The molecule has 11 heteroatoms. The topological polar surface area (TPSA) is 108 Å². The first kappa shape index (κ1) is 32.7. The minimum absolute atomic E-state index is 0.0137. The number of nitrogens with zero attached hydrogens (tertiary/aromatic N) is 5. The third-order valence-corrected chi connectivity index (χ3v) is 15.6. The zero-order valence-corrected chi connectivity index (χ0v) is 28.8. The molecule has 5 rings (SSSR count). The van der Waals surface area contributed by atoms with Crippen molar-refractivity contribution in [1.29, 1.82) is 0 Å². The van der Waals surface area contributed by atoms with E-state index in [4.69, 9.17) is 14.7 Å². The molecule has 3 aromatic rings. The van der Waals surface area contributed by atoms with Gasteiger partial charge in [-0.1, -0.05) is 47.5 Å². The number of hydrogen-bond donors (Lipinski definition) is 3. The summed E-state index contributed by atoms with van der Waals surface area (Å²) in [5.41, 5.74) is 8.61. The summed E-state index contributed by atoms with van der Waals surface area (Å²) >= 11 is 0. The van der Waals surface area contributed by atoms with Crippen molar-refractivity contribution in [3.63, 3.8) is 0 Å². The molecule has 240 valence electrons. The Kier molecular flexibility index (Phi) is 10.3. The Labute approximate surface area is 268 Å². The molecule has 2 fully saturated rings. The molecule has 0 aliphatic carbocycles. The Bertz CT molecular complexity index is 1510. The number of pyridine rings is 1. The Hall–Kier alpha value is -3.72. The minimum Gasteiger partial charge on any atom is -0.379 e. The van der Waals surface area contributed by atoms with Crippen molar-refractivity contribution in [3.05, 3.63) is 42.1 Å². The molecular formula is C34H48N8O2Si. The molecule has 0 bridgehead atoms. The van der Waals surface area contributed by atoms with Gasteiger partial charge in [-0.05, 0) is 60.4 Å². The predicted molar refractivity (Wildman–Crippen MR) is 186 cm³/mol. The predicted octanol–water partition coefficient (Wildman–Crippen LogP) is 6.00. The van der Waals surface area contributed by atoms with Crippen LogP contribution in [-0.2, 0) is 4.74 Å². The van der Waals surface area contributed by atoms with Gasteiger partial charge in [0.05, 0.1) is 18.0 Å². The average molecular weight is 629 g/mol. The van der Waals surface area contributed by atoms with E-state index in [1.54, 1.807) is 6.20 Å². The number of carbonyl (C=O) groups is 1. The Morgan fingerprint density at radius 3 is 2.31 bits per heavy atom. The second-order valence-corrected chi connectivity index (χ2v) is 18.8. The number of rotatable bonds is 8. The Balaban J connectivity index is 1.45. The summed E-state index contributed by atoms with van der Waals surface area (Å²) < 4.78 is 5.41. The molecule has 4 heterocycles. The van der Waals surface area contributed by atoms with E-state index in [1.165, 1.54) is 5.69 Å². The molecule has 2 aliphatic heterocycles. The van der Waals surface area contributed by atoms with Crippen LogP contribution in [0.3, 0.4) is 0 Å². The maximum atomic E-state index is 12.9. The lowest BCUT2D eigenvalue weighted by Gasteiger charge is -2.38. The van der Waals surface area contributed by atoms with Crippen LogP contribution in [0.1, 0.15) is 53.5 Å². The quantitative estimate of drug-likeness (QED) is 0.206. The van der Waals surface area contributed by atoms with Crippen molar-refractivity contribution in [3.8, 4) is 11.5 Å². The van der Waals surface area contributed by atoms with E-state index in [-0.39, 0.29) is 12.1 Å². The van der Waals surface area contributed by atoms with Crippen LogP contribution in [0.25, 0.3) is 11.0 Å². The van der Waals surface area contributed by atoms with Gasteiger partial charge in [0.25, 0.3) is 0 Å². The minimum atomic E-state index is -2.01.